The van der Waals surface area contributed by atoms with Crippen LogP contribution >= 0.6 is 11.8 Å². The maximum atomic E-state index is 2.58. The molecule has 2 nitrogen and oxygen atoms in total. The van der Waals surface area contributed by atoms with E-state index in [4.69, 9.17) is 0 Å². The molecule has 0 saturated carbocycles. The second kappa shape index (κ2) is 12.8. The third-order valence-corrected chi connectivity index (χ3v) is 15.6. The zero-order valence-corrected chi connectivity index (χ0v) is 34.9. The van der Waals surface area contributed by atoms with E-state index in [1.54, 1.807) is 0 Å². The van der Waals surface area contributed by atoms with Crippen molar-refractivity contribution in [3.05, 3.63) is 234 Å². The molecule has 13 rings (SSSR count). The number of aromatic nitrogens is 1. The molecule has 0 radical (unpaired) electrons. The van der Waals surface area contributed by atoms with Crippen LogP contribution in [0.5, 0.6) is 0 Å². The van der Waals surface area contributed by atoms with Crippen LogP contribution in [-0.4, -0.2) is 9.82 Å². The Hall–Kier alpha value is -6.81. The summed E-state index contributed by atoms with van der Waals surface area (Å²) in [6.07, 6.45) is 9.52. The van der Waals surface area contributed by atoms with Crippen molar-refractivity contribution in [2.75, 3.05) is 4.90 Å². The Morgan fingerprint density at radius 3 is 2.07 bits per heavy atom. The molecule has 290 valence electrons. The molecule has 1 aromatic heterocycles. The molecule has 3 heteroatoms. The van der Waals surface area contributed by atoms with Crippen LogP contribution in [-0.2, 0) is 10.8 Å². The Labute approximate surface area is 361 Å². The molecule has 9 aromatic rings. The standard InChI is InChI=1S/C58H42N2S/c1-57(2)44-24-9-6-21-40(44)41-35-34-38(36-49(41)57)59(50-29-12-7-20-39(50)37-18-4-3-5-19-37)53-32-17-28-48-56(53)61-54-33-15-11-26-46(54)58(48)45-25-10-14-31-52(45)60-51-30-13-8-22-42(51)43-23-16-27-47(58)55(43)60/h3-36,46,54H,1-2H3. The number of nitrogens with zero attached hydrogens (tertiary/aromatic N) is 2. The molecule has 4 aliphatic rings. The lowest BCUT2D eigenvalue weighted by Gasteiger charge is -2.52. The Balaban J connectivity index is 1.13. The van der Waals surface area contributed by atoms with Crippen molar-refractivity contribution >= 4 is 50.6 Å². The fourth-order valence-corrected chi connectivity index (χ4v) is 13.2. The number of benzene rings is 8. The van der Waals surface area contributed by atoms with Crippen LogP contribution < -0.4 is 4.90 Å². The number of rotatable bonds is 4. The number of thioether (sulfide) groups is 1. The smallest absolute Gasteiger partial charge is 0.0601 e. The fraction of sp³-hybridized carbons (Fsp3) is 0.103. The molecule has 2 aliphatic carbocycles. The predicted octanol–water partition coefficient (Wildman–Crippen LogP) is 15.1. The van der Waals surface area contributed by atoms with Gasteiger partial charge >= 0.3 is 0 Å². The van der Waals surface area contributed by atoms with Gasteiger partial charge in [-0.25, -0.2) is 0 Å². The van der Waals surface area contributed by atoms with E-state index in [9.17, 15) is 0 Å². The Kier molecular flexibility index (Phi) is 7.37. The van der Waals surface area contributed by atoms with Gasteiger partial charge in [0, 0.05) is 43.5 Å². The minimum Gasteiger partial charge on any atom is -0.309 e. The minimum absolute atomic E-state index is 0.142. The van der Waals surface area contributed by atoms with E-state index in [2.05, 4.69) is 230 Å². The molecule has 0 bridgehead atoms. The van der Waals surface area contributed by atoms with Gasteiger partial charge in [0.05, 0.1) is 33.5 Å². The van der Waals surface area contributed by atoms with Crippen molar-refractivity contribution in [1.29, 1.82) is 0 Å². The van der Waals surface area contributed by atoms with Crippen molar-refractivity contribution in [3.63, 3.8) is 0 Å². The third-order valence-electron chi connectivity index (χ3n) is 14.2. The van der Waals surface area contributed by atoms with Crippen LogP contribution in [0.25, 0.3) is 49.7 Å². The molecule has 2 aliphatic heterocycles. The van der Waals surface area contributed by atoms with E-state index in [1.807, 2.05) is 11.8 Å². The van der Waals surface area contributed by atoms with Gasteiger partial charge in [0.1, 0.15) is 0 Å². The number of fused-ring (bicyclic) bond motifs is 14. The third kappa shape index (κ3) is 4.65. The van der Waals surface area contributed by atoms with Crippen molar-refractivity contribution in [2.45, 2.75) is 34.8 Å². The van der Waals surface area contributed by atoms with Gasteiger partial charge in [-0.1, -0.05) is 184 Å². The molecule has 0 saturated heterocycles. The zero-order valence-electron chi connectivity index (χ0n) is 34.1. The molecular formula is C58H42N2S. The summed E-state index contributed by atoms with van der Waals surface area (Å²) < 4.78 is 2.55. The zero-order chi connectivity index (χ0) is 40.5. The van der Waals surface area contributed by atoms with Gasteiger partial charge in [-0.05, 0) is 80.9 Å². The molecule has 8 aromatic carbocycles. The van der Waals surface area contributed by atoms with Crippen molar-refractivity contribution in [3.8, 4) is 27.9 Å². The summed E-state index contributed by atoms with van der Waals surface area (Å²) in [6.45, 7) is 4.77. The first-order chi connectivity index (χ1) is 30.0. The van der Waals surface area contributed by atoms with Crippen molar-refractivity contribution in [2.24, 2.45) is 5.92 Å². The highest BCUT2D eigenvalue weighted by atomic mass is 32.2. The lowest BCUT2D eigenvalue weighted by Crippen LogP contribution is -2.47. The molecule has 1 spiro atoms. The highest BCUT2D eigenvalue weighted by Crippen LogP contribution is 2.64. The van der Waals surface area contributed by atoms with E-state index in [1.165, 1.54) is 93.8 Å². The Morgan fingerprint density at radius 1 is 0.508 bits per heavy atom. The molecule has 61 heavy (non-hydrogen) atoms. The molecule has 3 unspecified atom stereocenters. The molecule has 0 amide bonds. The lowest BCUT2D eigenvalue weighted by atomic mass is 9.58. The largest absolute Gasteiger partial charge is 0.309 e. The van der Waals surface area contributed by atoms with E-state index in [0.717, 1.165) is 5.69 Å². The number of hydrogen-bond acceptors (Lipinski definition) is 2. The van der Waals surface area contributed by atoms with Gasteiger partial charge in [-0.2, -0.15) is 0 Å². The topological polar surface area (TPSA) is 8.17 Å². The second-order valence-electron chi connectivity index (χ2n) is 17.5. The lowest BCUT2D eigenvalue weighted by molar-refractivity contribution is 0.437. The van der Waals surface area contributed by atoms with E-state index in [-0.39, 0.29) is 16.6 Å². The summed E-state index contributed by atoms with van der Waals surface area (Å²) in [5.74, 6) is 0.188. The maximum absolute atomic E-state index is 2.58. The molecule has 0 fully saturated rings. The SMILES string of the molecule is CC1(C)c2ccccc2-c2ccc(N(c3ccccc3-c3ccccc3)c3cccc4c3SC3C=CC=CC3C43c4ccccc4-n4c5ccccc5c5cccc3c54)cc21. The number of anilines is 3. The number of para-hydroxylation sites is 4. The highest BCUT2D eigenvalue weighted by Gasteiger charge is 2.55. The first-order valence-electron chi connectivity index (χ1n) is 21.5. The van der Waals surface area contributed by atoms with E-state index >= 15 is 0 Å². The van der Waals surface area contributed by atoms with Gasteiger partial charge in [-0.15, -0.1) is 11.8 Å². The summed E-state index contributed by atoms with van der Waals surface area (Å²) in [5.41, 5.74) is 18.7. The molecular weight excluding hydrogens is 757 g/mol. The Bertz CT molecular complexity index is 3350. The quantitative estimate of drug-likeness (QED) is 0.175. The predicted molar refractivity (Wildman–Crippen MR) is 256 cm³/mol. The molecule has 0 N–H and O–H groups in total. The maximum Gasteiger partial charge on any atom is 0.0601 e. The normalized spacial score (nSPS) is 19.6. The van der Waals surface area contributed by atoms with Crippen LogP contribution in [0, 0.1) is 5.92 Å². The summed E-state index contributed by atoms with van der Waals surface area (Å²) in [5, 5.41) is 2.81. The van der Waals surface area contributed by atoms with Crippen LogP contribution in [0.1, 0.15) is 41.7 Å². The second-order valence-corrected chi connectivity index (χ2v) is 18.7. The van der Waals surface area contributed by atoms with Gasteiger partial charge in [-0.3, -0.25) is 0 Å². The van der Waals surface area contributed by atoms with E-state index in [0.29, 0.717) is 0 Å². The first-order valence-corrected chi connectivity index (χ1v) is 22.4. The summed E-state index contributed by atoms with van der Waals surface area (Å²) >= 11 is 2.03. The summed E-state index contributed by atoms with van der Waals surface area (Å²) in [4.78, 5) is 3.90. The summed E-state index contributed by atoms with van der Waals surface area (Å²) in [7, 11) is 0. The van der Waals surface area contributed by atoms with Crippen LogP contribution in [0.4, 0.5) is 17.1 Å². The van der Waals surface area contributed by atoms with E-state index < -0.39 is 5.41 Å². The van der Waals surface area contributed by atoms with Crippen LogP contribution in [0.2, 0.25) is 0 Å². The van der Waals surface area contributed by atoms with Gasteiger partial charge in [0.15, 0.2) is 0 Å². The van der Waals surface area contributed by atoms with Gasteiger partial charge < -0.3 is 9.47 Å². The van der Waals surface area contributed by atoms with Crippen molar-refractivity contribution < 1.29 is 0 Å². The fourth-order valence-electron chi connectivity index (χ4n) is 11.7. The monoisotopic (exact) mass is 798 g/mol. The minimum atomic E-state index is -0.463. The molecule has 3 heterocycles. The van der Waals surface area contributed by atoms with Gasteiger partial charge in [0.2, 0.25) is 0 Å². The van der Waals surface area contributed by atoms with Crippen LogP contribution in [0.3, 0.4) is 0 Å². The Morgan fingerprint density at radius 2 is 1.16 bits per heavy atom. The number of hydrogen-bond donors (Lipinski definition) is 0. The first kappa shape index (κ1) is 35.0. The highest BCUT2D eigenvalue weighted by molar-refractivity contribution is 8.00. The molecule has 3 atom stereocenters. The van der Waals surface area contributed by atoms with Crippen LogP contribution in [0.15, 0.2) is 211 Å². The van der Waals surface area contributed by atoms with Crippen molar-refractivity contribution in [1.82, 2.24) is 4.57 Å². The average Bonchev–Trinajstić information content (AvgIpc) is 3.77. The number of allylic oxidation sites excluding steroid dienone is 3. The average molecular weight is 799 g/mol. The summed E-state index contributed by atoms with van der Waals surface area (Å²) in [6, 6.07) is 68.5. The van der Waals surface area contributed by atoms with Gasteiger partial charge in [0.25, 0.3) is 0 Å².